The van der Waals surface area contributed by atoms with Crippen LogP contribution in [0.25, 0.3) is 0 Å². The highest BCUT2D eigenvalue weighted by molar-refractivity contribution is 5.83. The monoisotopic (exact) mass is 203 g/mol. The van der Waals surface area contributed by atoms with E-state index in [1.54, 1.807) is 7.11 Å². The molecule has 0 aromatic heterocycles. The molecule has 5 nitrogen and oxygen atoms in total. The van der Waals surface area contributed by atoms with Crippen molar-refractivity contribution in [2.24, 2.45) is 10.8 Å². The topological polar surface area (TPSA) is 68.9 Å². The summed E-state index contributed by atoms with van der Waals surface area (Å²) in [5.41, 5.74) is 2.37. The number of hydrogen-bond acceptors (Lipinski definition) is 4. The van der Waals surface area contributed by atoms with Crippen LogP contribution in [0.2, 0.25) is 0 Å². The molecule has 0 aliphatic carbocycles. The standard InChI is InChI=1S/C9H21N3O2/c1-9(2,3)11-8(12-10)7-14-6-5-13-4/h5-7,10H2,1-4H3,(H,11,12). The molecule has 84 valence electrons. The fourth-order valence-corrected chi connectivity index (χ4v) is 0.822. The van der Waals surface area contributed by atoms with Gasteiger partial charge in [0.15, 0.2) is 0 Å². The van der Waals surface area contributed by atoms with E-state index >= 15 is 0 Å². The van der Waals surface area contributed by atoms with E-state index in [0.29, 0.717) is 25.7 Å². The molecular weight excluding hydrogens is 182 g/mol. The van der Waals surface area contributed by atoms with Crippen LogP contribution in [0.15, 0.2) is 4.99 Å². The largest absolute Gasteiger partial charge is 0.382 e. The molecule has 0 atom stereocenters. The normalized spacial score (nSPS) is 13.1. The second-order valence-corrected chi connectivity index (χ2v) is 3.92. The summed E-state index contributed by atoms with van der Waals surface area (Å²) in [6.07, 6.45) is 0. The number of nitrogens with one attached hydrogen (secondary N) is 1. The molecule has 0 bridgehead atoms. The zero-order valence-electron chi connectivity index (χ0n) is 9.46. The Morgan fingerprint density at radius 3 is 2.43 bits per heavy atom. The molecule has 14 heavy (non-hydrogen) atoms. The lowest BCUT2D eigenvalue weighted by atomic mass is 10.1. The molecule has 0 aromatic carbocycles. The number of amidine groups is 1. The zero-order chi connectivity index (χ0) is 11.0. The Labute approximate surface area is 85.6 Å². The summed E-state index contributed by atoms with van der Waals surface area (Å²) in [6.45, 7) is 7.50. The molecular formula is C9H21N3O2. The van der Waals surface area contributed by atoms with E-state index in [9.17, 15) is 0 Å². The van der Waals surface area contributed by atoms with Crippen LogP contribution in [-0.4, -0.2) is 38.3 Å². The highest BCUT2D eigenvalue weighted by Gasteiger charge is 2.09. The lowest BCUT2D eigenvalue weighted by Crippen LogP contribution is -2.36. The van der Waals surface area contributed by atoms with Crippen LogP contribution in [0.4, 0.5) is 0 Å². The maximum Gasteiger partial charge on any atom is 0.137 e. The van der Waals surface area contributed by atoms with Gasteiger partial charge in [0.05, 0.1) is 18.8 Å². The van der Waals surface area contributed by atoms with Gasteiger partial charge in [-0.05, 0) is 20.8 Å². The van der Waals surface area contributed by atoms with Crippen LogP contribution >= 0.6 is 0 Å². The molecule has 0 fully saturated rings. The molecule has 0 aromatic rings. The fraction of sp³-hybridized carbons (Fsp3) is 0.889. The van der Waals surface area contributed by atoms with Gasteiger partial charge < -0.3 is 14.9 Å². The molecule has 0 radical (unpaired) electrons. The number of hydrogen-bond donors (Lipinski definition) is 2. The number of methoxy groups -OCH3 is 1. The third kappa shape index (κ3) is 7.97. The van der Waals surface area contributed by atoms with Gasteiger partial charge in [0.2, 0.25) is 0 Å². The number of nitrogens with zero attached hydrogens (tertiary/aromatic N) is 1. The molecule has 0 saturated carbocycles. The maximum atomic E-state index is 5.30. The maximum absolute atomic E-state index is 5.30. The Morgan fingerprint density at radius 2 is 2.00 bits per heavy atom. The Bertz CT molecular complexity index is 175. The van der Waals surface area contributed by atoms with Gasteiger partial charge in [-0.25, -0.2) is 5.84 Å². The molecule has 3 N–H and O–H groups in total. The third-order valence-electron chi connectivity index (χ3n) is 1.31. The van der Waals surface area contributed by atoms with Crippen LogP contribution in [0.5, 0.6) is 0 Å². The Balaban J connectivity index is 3.85. The fourth-order valence-electron chi connectivity index (χ4n) is 0.822. The van der Waals surface area contributed by atoms with E-state index in [1.165, 1.54) is 0 Å². The molecule has 0 aliphatic rings. The van der Waals surface area contributed by atoms with Crippen molar-refractivity contribution in [3.8, 4) is 0 Å². The SMILES string of the molecule is COCCOCC(=NC(C)(C)C)NN. The highest BCUT2D eigenvalue weighted by atomic mass is 16.5. The number of aliphatic imine (C=N–C) groups is 1. The van der Waals surface area contributed by atoms with Gasteiger partial charge in [-0.3, -0.25) is 4.99 Å². The third-order valence-corrected chi connectivity index (χ3v) is 1.31. The Morgan fingerprint density at radius 1 is 1.36 bits per heavy atom. The first-order valence-electron chi connectivity index (χ1n) is 4.61. The minimum atomic E-state index is -0.147. The van der Waals surface area contributed by atoms with Crippen molar-refractivity contribution < 1.29 is 9.47 Å². The van der Waals surface area contributed by atoms with Crippen molar-refractivity contribution in [3.05, 3.63) is 0 Å². The van der Waals surface area contributed by atoms with Crippen molar-refractivity contribution in [2.75, 3.05) is 26.9 Å². The minimum absolute atomic E-state index is 0.147. The molecule has 0 heterocycles. The molecule has 0 rings (SSSR count). The number of hydrazine groups is 1. The van der Waals surface area contributed by atoms with Crippen molar-refractivity contribution in [1.82, 2.24) is 5.43 Å². The van der Waals surface area contributed by atoms with Gasteiger partial charge in [0, 0.05) is 7.11 Å². The Hall–Kier alpha value is -0.650. The van der Waals surface area contributed by atoms with Gasteiger partial charge >= 0.3 is 0 Å². The van der Waals surface area contributed by atoms with E-state index in [-0.39, 0.29) is 5.54 Å². The van der Waals surface area contributed by atoms with Gasteiger partial charge in [-0.2, -0.15) is 0 Å². The van der Waals surface area contributed by atoms with Crippen molar-refractivity contribution in [3.63, 3.8) is 0 Å². The molecule has 0 aliphatic heterocycles. The summed E-state index contributed by atoms with van der Waals surface area (Å²) in [7, 11) is 1.63. The number of ether oxygens (including phenoxy) is 2. The van der Waals surface area contributed by atoms with Crippen LogP contribution in [0.1, 0.15) is 20.8 Å². The minimum Gasteiger partial charge on any atom is -0.382 e. The molecule has 5 heteroatoms. The first-order chi connectivity index (χ1) is 6.49. The van der Waals surface area contributed by atoms with E-state index in [4.69, 9.17) is 15.3 Å². The average molecular weight is 203 g/mol. The molecule has 0 amide bonds. The van der Waals surface area contributed by atoms with Crippen molar-refractivity contribution in [2.45, 2.75) is 26.3 Å². The van der Waals surface area contributed by atoms with Gasteiger partial charge in [-0.1, -0.05) is 0 Å². The van der Waals surface area contributed by atoms with E-state index < -0.39 is 0 Å². The lowest BCUT2D eigenvalue weighted by molar-refractivity contribution is 0.0890. The predicted molar refractivity (Wildman–Crippen MR) is 57.2 cm³/mol. The first-order valence-corrected chi connectivity index (χ1v) is 4.61. The van der Waals surface area contributed by atoms with Crippen LogP contribution in [0.3, 0.4) is 0 Å². The highest BCUT2D eigenvalue weighted by Crippen LogP contribution is 2.05. The van der Waals surface area contributed by atoms with Crippen molar-refractivity contribution in [1.29, 1.82) is 0 Å². The van der Waals surface area contributed by atoms with E-state index in [2.05, 4.69) is 10.4 Å². The van der Waals surface area contributed by atoms with Crippen LogP contribution in [-0.2, 0) is 9.47 Å². The van der Waals surface area contributed by atoms with Crippen LogP contribution < -0.4 is 11.3 Å². The quantitative estimate of drug-likeness (QED) is 0.222. The smallest absolute Gasteiger partial charge is 0.137 e. The van der Waals surface area contributed by atoms with Crippen LogP contribution in [0, 0.1) is 0 Å². The van der Waals surface area contributed by atoms with E-state index in [1.807, 2.05) is 20.8 Å². The summed E-state index contributed by atoms with van der Waals surface area (Å²) >= 11 is 0. The second-order valence-electron chi connectivity index (χ2n) is 3.92. The second kappa shape index (κ2) is 6.75. The predicted octanol–water partition coefficient (Wildman–Crippen LogP) is 0.310. The molecule has 0 saturated heterocycles. The molecule has 0 unspecified atom stereocenters. The zero-order valence-corrected chi connectivity index (χ0v) is 9.46. The summed E-state index contributed by atoms with van der Waals surface area (Å²) < 4.78 is 10.1. The summed E-state index contributed by atoms with van der Waals surface area (Å²) in [5, 5.41) is 0. The van der Waals surface area contributed by atoms with Crippen molar-refractivity contribution >= 4 is 5.84 Å². The van der Waals surface area contributed by atoms with E-state index in [0.717, 1.165) is 0 Å². The van der Waals surface area contributed by atoms with Gasteiger partial charge in [-0.15, -0.1) is 0 Å². The van der Waals surface area contributed by atoms with Gasteiger partial charge in [0.25, 0.3) is 0 Å². The number of rotatable bonds is 5. The Kier molecular flexibility index (Phi) is 6.44. The number of nitrogens with two attached hydrogens (primary N) is 1. The molecule has 0 spiro atoms. The first kappa shape index (κ1) is 13.4. The lowest BCUT2D eigenvalue weighted by Gasteiger charge is -2.15. The van der Waals surface area contributed by atoms with Gasteiger partial charge in [0.1, 0.15) is 12.4 Å². The average Bonchev–Trinajstić information content (AvgIpc) is 2.08. The summed E-state index contributed by atoms with van der Waals surface area (Å²) in [5.74, 6) is 5.95. The summed E-state index contributed by atoms with van der Waals surface area (Å²) in [6, 6.07) is 0. The summed E-state index contributed by atoms with van der Waals surface area (Å²) in [4.78, 5) is 4.34.